The molecule has 0 unspecified atom stereocenters. The maximum absolute atomic E-state index is 12.8. The maximum Gasteiger partial charge on any atom is 0.267 e. The number of rotatable bonds is 6. The van der Waals surface area contributed by atoms with E-state index in [-0.39, 0.29) is 12.1 Å². The molecule has 0 radical (unpaired) electrons. The fourth-order valence-corrected chi connectivity index (χ4v) is 3.35. The normalized spacial score (nSPS) is 10.6. The van der Waals surface area contributed by atoms with E-state index in [2.05, 4.69) is 15.5 Å². The molecule has 4 aromatic rings. The smallest absolute Gasteiger partial charge is 0.267 e. The molecule has 9 heteroatoms. The van der Waals surface area contributed by atoms with Crippen LogP contribution in [0.25, 0.3) is 22.5 Å². The number of para-hydroxylation sites is 2. The summed E-state index contributed by atoms with van der Waals surface area (Å²) in [5, 5.41) is 11.4. The third-order valence-electron chi connectivity index (χ3n) is 4.98. The zero-order chi connectivity index (χ0) is 23.4. The molecule has 33 heavy (non-hydrogen) atoms. The van der Waals surface area contributed by atoms with Gasteiger partial charge in [0.05, 0.1) is 24.2 Å². The van der Waals surface area contributed by atoms with Crippen LogP contribution in [0.1, 0.15) is 0 Å². The van der Waals surface area contributed by atoms with Crippen molar-refractivity contribution in [2.45, 2.75) is 6.54 Å². The van der Waals surface area contributed by atoms with E-state index < -0.39 is 11.5 Å². The second-order valence-electron chi connectivity index (χ2n) is 7.19. The van der Waals surface area contributed by atoms with Gasteiger partial charge in [0, 0.05) is 30.3 Å². The summed E-state index contributed by atoms with van der Waals surface area (Å²) in [5.41, 5.74) is 2.25. The SMILES string of the molecule is COc1ccccc1-c1ccc(=O)n(CC(=O)Nc2ccccc2-c2ccc(=O)n(C)n2)n1. The Morgan fingerprint density at radius 3 is 2.21 bits per heavy atom. The maximum atomic E-state index is 12.8. The molecule has 2 aromatic heterocycles. The Hall–Kier alpha value is -4.53. The molecular weight excluding hydrogens is 422 g/mol. The van der Waals surface area contributed by atoms with Crippen molar-refractivity contribution in [2.75, 3.05) is 12.4 Å². The molecule has 0 saturated heterocycles. The Morgan fingerprint density at radius 2 is 1.48 bits per heavy atom. The Kier molecular flexibility index (Phi) is 6.12. The number of carbonyl (C=O) groups is 1. The molecule has 0 spiro atoms. The Labute approximate surface area is 188 Å². The molecular formula is C24H21N5O4. The number of amides is 1. The molecule has 2 aromatic carbocycles. The Bertz CT molecular complexity index is 1440. The number of nitrogens with one attached hydrogen (secondary N) is 1. The van der Waals surface area contributed by atoms with E-state index in [1.54, 1.807) is 56.6 Å². The van der Waals surface area contributed by atoms with Gasteiger partial charge in [0.2, 0.25) is 5.91 Å². The molecule has 4 rings (SSSR count). The van der Waals surface area contributed by atoms with E-state index in [1.165, 1.54) is 16.8 Å². The monoisotopic (exact) mass is 443 g/mol. The fourth-order valence-electron chi connectivity index (χ4n) is 3.35. The highest BCUT2D eigenvalue weighted by molar-refractivity contribution is 5.94. The fraction of sp³-hybridized carbons (Fsp3) is 0.125. The van der Waals surface area contributed by atoms with Crippen molar-refractivity contribution >= 4 is 11.6 Å². The Morgan fingerprint density at radius 1 is 0.848 bits per heavy atom. The largest absolute Gasteiger partial charge is 0.496 e. The zero-order valence-corrected chi connectivity index (χ0v) is 18.1. The van der Waals surface area contributed by atoms with Crippen LogP contribution >= 0.6 is 0 Å². The number of anilines is 1. The van der Waals surface area contributed by atoms with Gasteiger partial charge in [0.25, 0.3) is 11.1 Å². The summed E-state index contributed by atoms with van der Waals surface area (Å²) in [6.07, 6.45) is 0. The molecule has 0 aliphatic carbocycles. The summed E-state index contributed by atoms with van der Waals surface area (Å²) in [6, 6.07) is 20.3. The quantitative estimate of drug-likeness (QED) is 0.490. The van der Waals surface area contributed by atoms with Gasteiger partial charge in [-0.15, -0.1) is 0 Å². The van der Waals surface area contributed by atoms with Crippen LogP contribution in [0.5, 0.6) is 5.75 Å². The van der Waals surface area contributed by atoms with E-state index >= 15 is 0 Å². The van der Waals surface area contributed by atoms with Crippen LogP contribution in [-0.4, -0.2) is 32.6 Å². The lowest BCUT2D eigenvalue weighted by Crippen LogP contribution is -2.29. The average molecular weight is 443 g/mol. The summed E-state index contributed by atoms with van der Waals surface area (Å²) in [6.45, 7) is -0.281. The number of hydrogen-bond acceptors (Lipinski definition) is 6. The van der Waals surface area contributed by atoms with Crippen LogP contribution in [0.15, 0.2) is 82.4 Å². The van der Waals surface area contributed by atoms with Crippen molar-refractivity contribution < 1.29 is 9.53 Å². The van der Waals surface area contributed by atoms with Crippen LogP contribution in [0.3, 0.4) is 0 Å². The highest BCUT2D eigenvalue weighted by Crippen LogP contribution is 2.27. The minimum absolute atomic E-state index is 0.236. The van der Waals surface area contributed by atoms with E-state index in [4.69, 9.17) is 4.74 Å². The molecule has 0 aliphatic rings. The van der Waals surface area contributed by atoms with E-state index in [0.717, 1.165) is 4.68 Å². The molecule has 2 heterocycles. The van der Waals surface area contributed by atoms with Gasteiger partial charge >= 0.3 is 0 Å². The summed E-state index contributed by atoms with van der Waals surface area (Å²) in [7, 11) is 3.11. The second-order valence-corrected chi connectivity index (χ2v) is 7.19. The number of aromatic nitrogens is 4. The van der Waals surface area contributed by atoms with Crippen molar-refractivity contribution in [2.24, 2.45) is 7.05 Å². The number of carbonyl (C=O) groups excluding carboxylic acids is 1. The second kappa shape index (κ2) is 9.31. The molecule has 1 amide bonds. The molecule has 1 N–H and O–H groups in total. The average Bonchev–Trinajstić information content (AvgIpc) is 2.82. The number of aryl methyl sites for hydroxylation is 1. The number of ether oxygens (including phenoxy) is 1. The summed E-state index contributed by atoms with van der Waals surface area (Å²) in [4.78, 5) is 36.8. The minimum atomic E-state index is -0.431. The van der Waals surface area contributed by atoms with E-state index in [9.17, 15) is 14.4 Å². The van der Waals surface area contributed by atoms with Crippen molar-refractivity contribution in [3.8, 4) is 28.3 Å². The van der Waals surface area contributed by atoms with Gasteiger partial charge in [0.15, 0.2) is 0 Å². The predicted molar refractivity (Wildman–Crippen MR) is 124 cm³/mol. The summed E-state index contributed by atoms with van der Waals surface area (Å²) < 4.78 is 7.69. The van der Waals surface area contributed by atoms with Crippen molar-refractivity contribution in [1.29, 1.82) is 0 Å². The number of methoxy groups -OCH3 is 1. The van der Waals surface area contributed by atoms with Gasteiger partial charge in [-0.25, -0.2) is 9.36 Å². The van der Waals surface area contributed by atoms with Crippen LogP contribution < -0.4 is 21.2 Å². The van der Waals surface area contributed by atoms with Crippen molar-refractivity contribution in [1.82, 2.24) is 19.6 Å². The molecule has 0 atom stereocenters. The van der Waals surface area contributed by atoms with Crippen LogP contribution in [0.2, 0.25) is 0 Å². The molecule has 0 aliphatic heterocycles. The van der Waals surface area contributed by atoms with Gasteiger partial charge < -0.3 is 10.1 Å². The Balaban J connectivity index is 1.60. The van der Waals surface area contributed by atoms with E-state index in [0.29, 0.717) is 34.0 Å². The lowest BCUT2D eigenvalue weighted by atomic mass is 10.1. The van der Waals surface area contributed by atoms with Crippen molar-refractivity contribution in [3.05, 3.63) is 93.5 Å². The van der Waals surface area contributed by atoms with Gasteiger partial charge in [-0.3, -0.25) is 14.4 Å². The summed E-state index contributed by atoms with van der Waals surface area (Å²) >= 11 is 0. The van der Waals surface area contributed by atoms with Gasteiger partial charge in [-0.2, -0.15) is 10.2 Å². The van der Waals surface area contributed by atoms with Gasteiger partial charge in [0.1, 0.15) is 12.3 Å². The highest BCUT2D eigenvalue weighted by atomic mass is 16.5. The number of hydrogen-bond donors (Lipinski definition) is 1. The predicted octanol–water partition coefficient (Wildman–Crippen LogP) is 2.32. The molecule has 0 bridgehead atoms. The van der Waals surface area contributed by atoms with Crippen LogP contribution in [-0.2, 0) is 18.4 Å². The first-order valence-corrected chi connectivity index (χ1v) is 10.1. The molecule has 0 fully saturated rings. The first kappa shape index (κ1) is 21.7. The highest BCUT2D eigenvalue weighted by Gasteiger charge is 2.13. The zero-order valence-electron chi connectivity index (χ0n) is 18.1. The van der Waals surface area contributed by atoms with Crippen LogP contribution in [0.4, 0.5) is 5.69 Å². The first-order chi connectivity index (χ1) is 16.0. The number of nitrogens with zero attached hydrogens (tertiary/aromatic N) is 4. The third-order valence-corrected chi connectivity index (χ3v) is 4.98. The topological polar surface area (TPSA) is 108 Å². The molecule has 166 valence electrons. The summed E-state index contributed by atoms with van der Waals surface area (Å²) in [5.74, 6) is 0.178. The molecule has 0 saturated carbocycles. The number of benzene rings is 2. The van der Waals surface area contributed by atoms with Gasteiger partial charge in [-0.1, -0.05) is 30.3 Å². The minimum Gasteiger partial charge on any atom is -0.496 e. The van der Waals surface area contributed by atoms with Gasteiger partial charge in [-0.05, 0) is 30.3 Å². The molecule has 9 nitrogen and oxygen atoms in total. The van der Waals surface area contributed by atoms with E-state index in [1.807, 2.05) is 18.2 Å². The first-order valence-electron chi connectivity index (χ1n) is 10.1. The lowest BCUT2D eigenvalue weighted by molar-refractivity contribution is -0.117. The third kappa shape index (κ3) is 4.72. The van der Waals surface area contributed by atoms with Crippen LogP contribution in [0, 0.1) is 0 Å². The lowest BCUT2D eigenvalue weighted by Gasteiger charge is -2.12. The standard InChI is InChI=1S/C24H21N5O4/c1-28-23(31)13-11-19(26-28)16-7-3-5-9-18(16)25-22(30)15-29-24(32)14-12-20(27-29)17-8-4-6-10-21(17)33-2/h3-14H,15H2,1-2H3,(H,25,30). The van der Waals surface area contributed by atoms with Crippen molar-refractivity contribution in [3.63, 3.8) is 0 Å².